The first-order valence-corrected chi connectivity index (χ1v) is 7.04. The van der Waals surface area contributed by atoms with Crippen molar-refractivity contribution in [2.75, 3.05) is 20.1 Å². The van der Waals surface area contributed by atoms with Crippen molar-refractivity contribution in [1.29, 1.82) is 0 Å². The van der Waals surface area contributed by atoms with Crippen molar-refractivity contribution in [3.8, 4) is 0 Å². The van der Waals surface area contributed by atoms with E-state index in [9.17, 15) is 9.59 Å². The summed E-state index contributed by atoms with van der Waals surface area (Å²) < 4.78 is 0. The summed E-state index contributed by atoms with van der Waals surface area (Å²) in [4.78, 5) is 26.4. The lowest BCUT2D eigenvalue weighted by atomic mass is 9.85. The van der Waals surface area contributed by atoms with Gasteiger partial charge in [0.05, 0.1) is 6.04 Å². The van der Waals surface area contributed by atoms with E-state index in [1.54, 1.807) is 14.0 Å². The van der Waals surface area contributed by atoms with Gasteiger partial charge in [-0.3, -0.25) is 9.59 Å². The highest BCUT2D eigenvalue weighted by atomic mass is 16.2. The highest BCUT2D eigenvalue weighted by molar-refractivity contribution is 5.90. The van der Waals surface area contributed by atoms with Crippen molar-refractivity contribution in [2.24, 2.45) is 5.41 Å². The summed E-state index contributed by atoms with van der Waals surface area (Å²) in [7, 11) is 1.73. The molecule has 0 spiro atoms. The largest absolute Gasteiger partial charge is 0.342 e. The maximum atomic E-state index is 12.5. The number of hydrogen-bond acceptors (Lipinski definition) is 3. The topological polar surface area (TPSA) is 61.4 Å². The van der Waals surface area contributed by atoms with Gasteiger partial charge in [-0.05, 0) is 32.2 Å². The molecule has 5 nitrogen and oxygen atoms in total. The van der Waals surface area contributed by atoms with Crippen LogP contribution in [0.4, 0.5) is 0 Å². The Balaban J connectivity index is 2.77. The molecular weight excluding hydrogens is 242 g/mol. The Bertz CT molecular complexity index is 330. The highest BCUT2D eigenvalue weighted by Gasteiger charge is 2.36. The Labute approximate surface area is 116 Å². The fourth-order valence-corrected chi connectivity index (χ4v) is 2.17. The van der Waals surface area contributed by atoms with E-state index in [4.69, 9.17) is 0 Å². The van der Waals surface area contributed by atoms with Gasteiger partial charge < -0.3 is 15.5 Å². The van der Waals surface area contributed by atoms with Crippen LogP contribution in [0.15, 0.2) is 0 Å². The summed E-state index contributed by atoms with van der Waals surface area (Å²) in [6, 6.07) is -0.759. The van der Waals surface area contributed by atoms with E-state index in [1.807, 2.05) is 25.7 Å². The van der Waals surface area contributed by atoms with Gasteiger partial charge >= 0.3 is 0 Å². The standard InChI is InChI=1S/C14H27N3O2/c1-10(15-5)12(18)16-11(14(2,3)4)13(19)17-8-6-7-9-17/h10-11,15H,6-9H2,1-5H3,(H,16,18)/t10-,11?/m0/s1. The molecule has 0 radical (unpaired) electrons. The van der Waals surface area contributed by atoms with Crippen molar-refractivity contribution in [3.63, 3.8) is 0 Å². The Morgan fingerprint density at radius 2 is 1.68 bits per heavy atom. The average Bonchev–Trinajstić information content (AvgIpc) is 2.86. The lowest BCUT2D eigenvalue weighted by molar-refractivity contribution is -0.138. The van der Waals surface area contributed by atoms with E-state index in [0.29, 0.717) is 0 Å². The number of likely N-dealkylation sites (tertiary alicyclic amines) is 1. The van der Waals surface area contributed by atoms with Crippen LogP contribution in [-0.2, 0) is 9.59 Å². The van der Waals surface area contributed by atoms with Crippen molar-refractivity contribution >= 4 is 11.8 Å². The third kappa shape index (κ3) is 4.20. The van der Waals surface area contributed by atoms with E-state index in [1.165, 1.54) is 0 Å². The molecule has 2 amide bonds. The lowest BCUT2D eigenvalue weighted by Gasteiger charge is -2.34. The van der Waals surface area contributed by atoms with Crippen LogP contribution in [0, 0.1) is 5.41 Å². The Hall–Kier alpha value is -1.10. The number of carbonyl (C=O) groups excluding carboxylic acids is 2. The number of amides is 2. The zero-order valence-electron chi connectivity index (χ0n) is 12.7. The zero-order chi connectivity index (χ0) is 14.6. The first kappa shape index (κ1) is 16.0. The first-order chi connectivity index (χ1) is 8.77. The summed E-state index contributed by atoms with van der Waals surface area (Å²) >= 11 is 0. The molecule has 1 fully saturated rings. The zero-order valence-corrected chi connectivity index (χ0v) is 12.7. The summed E-state index contributed by atoms with van der Waals surface area (Å²) in [5.41, 5.74) is -0.289. The summed E-state index contributed by atoms with van der Waals surface area (Å²) in [5, 5.41) is 5.78. The van der Waals surface area contributed by atoms with Gasteiger partial charge in [-0.25, -0.2) is 0 Å². The summed E-state index contributed by atoms with van der Waals surface area (Å²) in [6.07, 6.45) is 2.12. The van der Waals surface area contributed by atoms with Gasteiger partial charge in [-0.2, -0.15) is 0 Å². The number of nitrogens with zero attached hydrogens (tertiary/aromatic N) is 1. The van der Waals surface area contributed by atoms with E-state index >= 15 is 0 Å². The van der Waals surface area contributed by atoms with Crippen molar-refractivity contribution < 1.29 is 9.59 Å². The summed E-state index contributed by atoms with van der Waals surface area (Å²) in [5.74, 6) is -0.0865. The molecule has 1 rings (SSSR count). The quantitative estimate of drug-likeness (QED) is 0.791. The van der Waals surface area contributed by atoms with Gasteiger partial charge in [0.15, 0.2) is 0 Å². The van der Waals surface area contributed by atoms with Crippen LogP contribution in [0.5, 0.6) is 0 Å². The fourth-order valence-electron chi connectivity index (χ4n) is 2.17. The molecule has 0 aromatic rings. The minimum absolute atomic E-state index is 0.0432. The maximum Gasteiger partial charge on any atom is 0.245 e. The van der Waals surface area contributed by atoms with Crippen molar-refractivity contribution in [3.05, 3.63) is 0 Å². The van der Waals surface area contributed by atoms with Crippen LogP contribution >= 0.6 is 0 Å². The SMILES string of the molecule is CN[C@@H](C)C(=O)NC(C(=O)N1CCCC1)C(C)(C)C. The predicted octanol–water partition coefficient (Wildman–Crippen LogP) is 0.748. The molecule has 110 valence electrons. The molecule has 1 saturated heterocycles. The minimum Gasteiger partial charge on any atom is -0.342 e. The van der Waals surface area contributed by atoms with E-state index in [2.05, 4.69) is 10.6 Å². The monoisotopic (exact) mass is 269 g/mol. The van der Waals surface area contributed by atoms with Crippen LogP contribution in [0.25, 0.3) is 0 Å². The second-order valence-electron chi connectivity index (χ2n) is 6.35. The molecule has 1 heterocycles. The minimum atomic E-state index is -0.464. The van der Waals surface area contributed by atoms with E-state index < -0.39 is 6.04 Å². The molecule has 0 aromatic carbocycles. The van der Waals surface area contributed by atoms with Crippen LogP contribution in [0.3, 0.4) is 0 Å². The molecule has 0 bridgehead atoms. The van der Waals surface area contributed by atoms with Gasteiger partial charge in [0.25, 0.3) is 0 Å². The predicted molar refractivity (Wildman–Crippen MR) is 75.7 cm³/mol. The van der Waals surface area contributed by atoms with Gasteiger partial charge in [0.2, 0.25) is 11.8 Å². The molecule has 5 heteroatoms. The molecule has 1 unspecified atom stereocenters. The van der Waals surface area contributed by atoms with Gasteiger partial charge in [0, 0.05) is 13.1 Å². The summed E-state index contributed by atoms with van der Waals surface area (Å²) in [6.45, 7) is 9.35. The second-order valence-corrected chi connectivity index (χ2v) is 6.35. The number of nitrogens with one attached hydrogen (secondary N) is 2. The number of rotatable bonds is 4. The number of carbonyl (C=O) groups is 2. The van der Waals surface area contributed by atoms with Gasteiger partial charge in [-0.1, -0.05) is 20.8 Å². The molecule has 2 atom stereocenters. The van der Waals surface area contributed by atoms with Gasteiger partial charge in [0.1, 0.15) is 6.04 Å². The third-order valence-electron chi connectivity index (χ3n) is 3.64. The van der Waals surface area contributed by atoms with E-state index in [-0.39, 0.29) is 23.3 Å². The number of hydrogen-bond donors (Lipinski definition) is 2. The smallest absolute Gasteiger partial charge is 0.245 e. The van der Waals surface area contributed by atoms with Gasteiger partial charge in [-0.15, -0.1) is 0 Å². The first-order valence-electron chi connectivity index (χ1n) is 7.04. The Kier molecular flexibility index (Phi) is 5.35. The van der Waals surface area contributed by atoms with Crippen LogP contribution in [0.2, 0.25) is 0 Å². The molecule has 0 aromatic heterocycles. The molecular formula is C14H27N3O2. The van der Waals surface area contributed by atoms with E-state index in [0.717, 1.165) is 25.9 Å². The molecule has 0 saturated carbocycles. The Morgan fingerprint density at radius 3 is 2.11 bits per heavy atom. The third-order valence-corrected chi connectivity index (χ3v) is 3.64. The highest BCUT2D eigenvalue weighted by Crippen LogP contribution is 2.23. The lowest BCUT2D eigenvalue weighted by Crippen LogP contribution is -2.57. The maximum absolute atomic E-state index is 12.5. The molecule has 1 aliphatic heterocycles. The molecule has 0 aliphatic carbocycles. The normalized spacial score (nSPS) is 19.1. The second kappa shape index (κ2) is 6.37. The fraction of sp³-hybridized carbons (Fsp3) is 0.857. The van der Waals surface area contributed by atoms with Crippen molar-refractivity contribution in [2.45, 2.75) is 52.6 Å². The molecule has 19 heavy (non-hydrogen) atoms. The van der Waals surface area contributed by atoms with Crippen LogP contribution < -0.4 is 10.6 Å². The van der Waals surface area contributed by atoms with Crippen molar-refractivity contribution in [1.82, 2.24) is 15.5 Å². The Morgan fingerprint density at radius 1 is 1.16 bits per heavy atom. The number of likely N-dealkylation sites (N-methyl/N-ethyl adjacent to an activating group) is 1. The average molecular weight is 269 g/mol. The molecule has 1 aliphatic rings. The van der Waals surface area contributed by atoms with Crippen LogP contribution in [-0.4, -0.2) is 48.9 Å². The molecule has 2 N–H and O–H groups in total. The van der Waals surface area contributed by atoms with Crippen LogP contribution in [0.1, 0.15) is 40.5 Å².